The van der Waals surface area contributed by atoms with Gasteiger partial charge in [0, 0.05) is 31.3 Å². The van der Waals surface area contributed by atoms with Crippen LogP contribution in [0.5, 0.6) is 0 Å². The molecule has 0 spiro atoms. The molecular weight excluding hydrogens is 326 g/mol. The maximum atomic E-state index is 10.8. The van der Waals surface area contributed by atoms with Crippen molar-refractivity contribution >= 4 is 23.0 Å². The number of hydrogen-bond acceptors (Lipinski definition) is 4. The fraction of sp³-hybridized carbons (Fsp3) is 0.333. The monoisotopic (exact) mass is 345 g/mol. The van der Waals surface area contributed by atoms with Gasteiger partial charge in [0.15, 0.2) is 0 Å². The molecule has 2 aromatic rings. The SMILES string of the molecule is O=[N+]([O-])c1ccc(NC2CCCN(Cc3ccccc3)C2)c(Cl)c1. The number of likely N-dealkylation sites (tertiary alicyclic amines) is 1. The van der Waals surface area contributed by atoms with E-state index in [0.29, 0.717) is 11.1 Å². The van der Waals surface area contributed by atoms with Gasteiger partial charge in [-0.2, -0.15) is 0 Å². The molecule has 1 saturated heterocycles. The lowest BCUT2D eigenvalue weighted by atomic mass is 10.0. The van der Waals surface area contributed by atoms with Crippen molar-refractivity contribution in [2.24, 2.45) is 0 Å². The Hall–Kier alpha value is -2.11. The van der Waals surface area contributed by atoms with Crippen molar-refractivity contribution in [1.29, 1.82) is 0 Å². The van der Waals surface area contributed by atoms with Crippen LogP contribution in [-0.4, -0.2) is 29.0 Å². The number of hydrogen-bond donors (Lipinski definition) is 1. The standard InChI is InChI=1S/C18H20ClN3O2/c19-17-11-16(22(23)24)8-9-18(17)20-15-7-4-10-21(13-15)12-14-5-2-1-3-6-14/h1-3,5-6,8-9,11,15,20H,4,7,10,12-13H2. The molecule has 0 amide bonds. The van der Waals surface area contributed by atoms with Crippen LogP contribution in [0, 0.1) is 10.1 Å². The second-order valence-corrected chi connectivity index (χ2v) is 6.53. The Balaban J connectivity index is 1.62. The quantitative estimate of drug-likeness (QED) is 0.647. The summed E-state index contributed by atoms with van der Waals surface area (Å²) in [6, 6.07) is 15.3. The van der Waals surface area contributed by atoms with Crippen LogP contribution < -0.4 is 5.32 Å². The van der Waals surface area contributed by atoms with Gasteiger partial charge in [0.2, 0.25) is 0 Å². The number of rotatable bonds is 5. The van der Waals surface area contributed by atoms with Crippen LogP contribution in [0.1, 0.15) is 18.4 Å². The van der Waals surface area contributed by atoms with Crippen LogP contribution in [0.15, 0.2) is 48.5 Å². The molecule has 0 bridgehead atoms. The lowest BCUT2D eigenvalue weighted by molar-refractivity contribution is -0.384. The van der Waals surface area contributed by atoms with Crippen molar-refractivity contribution in [2.75, 3.05) is 18.4 Å². The first-order valence-corrected chi connectivity index (χ1v) is 8.46. The molecule has 24 heavy (non-hydrogen) atoms. The lowest BCUT2D eigenvalue weighted by Crippen LogP contribution is -2.41. The number of nitro benzene ring substituents is 1. The summed E-state index contributed by atoms with van der Waals surface area (Å²) in [5.41, 5.74) is 2.08. The first-order valence-electron chi connectivity index (χ1n) is 8.08. The molecule has 1 aliphatic rings. The van der Waals surface area contributed by atoms with Gasteiger partial charge in [0.1, 0.15) is 0 Å². The Morgan fingerprint density at radius 2 is 2.04 bits per heavy atom. The second-order valence-electron chi connectivity index (χ2n) is 6.13. The molecule has 0 aromatic heterocycles. The number of non-ortho nitro benzene ring substituents is 1. The minimum absolute atomic E-state index is 0.0138. The van der Waals surface area contributed by atoms with Crippen molar-refractivity contribution in [3.63, 3.8) is 0 Å². The largest absolute Gasteiger partial charge is 0.380 e. The fourth-order valence-electron chi connectivity index (χ4n) is 3.11. The Kier molecular flexibility index (Phi) is 5.33. The smallest absolute Gasteiger partial charge is 0.271 e. The Morgan fingerprint density at radius 3 is 2.75 bits per heavy atom. The highest BCUT2D eigenvalue weighted by molar-refractivity contribution is 6.33. The molecule has 1 unspecified atom stereocenters. The van der Waals surface area contributed by atoms with E-state index >= 15 is 0 Å². The van der Waals surface area contributed by atoms with Gasteiger partial charge in [-0.25, -0.2) is 0 Å². The van der Waals surface area contributed by atoms with Crippen LogP contribution in [-0.2, 0) is 6.54 Å². The fourth-order valence-corrected chi connectivity index (χ4v) is 3.34. The van der Waals surface area contributed by atoms with Gasteiger partial charge in [0.25, 0.3) is 5.69 Å². The summed E-state index contributed by atoms with van der Waals surface area (Å²) in [5.74, 6) is 0. The number of halogens is 1. The highest BCUT2D eigenvalue weighted by Gasteiger charge is 2.21. The van der Waals surface area contributed by atoms with Gasteiger partial charge in [-0.15, -0.1) is 0 Å². The number of nitro groups is 1. The van der Waals surface area contributed by atoms with Crippen molar-refractivity contribution in [3.8, 4) is 0 Å². The van der Waals surface area contributed by atoms with E-state index in [1.54, 1.807) is 6.07 Å². The summed E-state index contributed by atoms with van der Waals surface area (Å²) in [7, 11) is 0. The van der Waals surface area contributed by atoms with E-state index in [4.69, 9.17) is 11.6 Å². The topological polar surface area (TPSA) is 58.4 Å². The van der Waals surface area contributed by atoms with Crippen molar-refractivity contribution in [2.45, 2.75) is 25.4 Å². The predicted molar refractivity (Wildman–Crippen MR) is 96.5 cm³/mol. The molecule has 0 radical (unpaired) electrons. The van der Waals surface area contributed by atoms with Crippen LogP contribution >= 0.6 is 11.6 Å². The van der Waals surface area contributed by atoms with E-state index in [1.165, 1.54) is 17.7 Å². The van der Waals surface area contributed by atoms with E-state index in [9.17, 15) is 10.1 Å². The third-order valence-electron chi connectivity index (χ3n) is 4.28. The van der Waals surface area contributed by atoms with Gasteiger partial charge in [-0.05, 0) is 31.0 Å². The highest BCUT2D eigenvalue weighted by atomic mass is 35.5. The molecule has 126 valence electrons. The van der Waals surface area contributed by atoms with E-state index < -0.39 is 4.92 Å². The van der Waals surface area contributed by atoms with E-state index in [0.717, 1.165) is 38.2 Å². The van der Waals surface area contributed by atoms with Crippen LogP contribution in [0.3, 0.4) is 0 Å². The molecule has 1 fully saturated rings. The molecule has 1 N–H and O–H groups in total. The maximum Gasteiger partial charge on any atom is 0.271 e. The zero-order chi connectivity index (χ0) is 16.9. The van der Waals surface area contributed by atoms with E-state index in [1.807, 2.05) is 6.07 Å². The molecular formula is C18H20ClN3O2. The summed E-state index contributed by atoms with van der Waals surface area (Å²) >= 11 is 6.18. The summed E-state index contributed by atoms with van der Waals surface area (Å²) in [4.78, 5) is 12.8. The second kappa shape index (κ2) is 7.64. The molecule has 5 nitrogen and oxygen atoms in total. The molecule has 3 rings (SSSR count). The van der Waals surface area contributed by atoms with Gasteiger partial charge in [-0.3, -0.25) is 15.0 Å². The first kappa shape index (κ1) is 16.7. The number of anilines is 1. The third kappa shape index (κ3) is 4.24. The van der Waals surface area contributed by atoms with Crippen LogP contribution in [0.2, 0.25) is 5.02 Å². The summed E-state index contributed by atoms with van der Waals surface area (Å²) in [5, 5.41) is 14.6. The zero-order valence-corrected chi connectivity index (χ0v) is 14.1. The Labute approximate surface area is 146 Å². The summed E-state index contributed by atoms with van der Waals surface area (Å²) in [6.45, 7) is 2.95. The zero-order valence-electron chi connectivity index (χ0n) is 13.3. The molecule has 1 aliphatic heterocycles. The van der Waals surface area contributed by atoms with Crippen molar-refractivity contribution < 1.29 is 4.92 Å². The van der Waals surface area contributed by atoms with Crippen LogP contribution in [0.4, 0.5) is 11.4 Å². The van der Waals surface area contributed by atoms with E-state index in [-0.39, 0.29) is 5.69 Å². The number of benzene rings is 2. The molecule has 1 atom stereocenters. The number of piperidine rings is 1. The molecule has 0 saturated carbocycles. The Bertz CT molecular complexity index is 709. The normalized spacial score (nSPS) is 18.3. The first-order chi connectivity index (χ1) is 11.6. The summed E-state index contributed by atoms with van der Waals surface area (Å²) in [6.07, 6.45) is 2.19. The average molecular weight is 346 g/mol. The predicted octanol–water partition coefficient (Wildman–Crippen LogP) is 4.32. The molecule has 6 heteroatoms. The molecule has 2 aromatic carbocycles. The average Bonchev–Trinajstić information content (AvgIpc) is 2.58. The van der Waals surface area contributed by atoms with Crippen molar-refractivity contribution in [1.82, 2.24) is 4.90 Å². The van der Waals surface area contributed by atoms with Gasteiger partial charge >= 0.3 is 0 Å². The minimum atomic E-state index is -0.433. The molecule has 0 aliphatic carbocycles. The third-order valence-corrected chi connectivity index (χ3v) is 4.59. The van der Waals surface area contributed by atoms with Gasteiger partial charge in [0.05, 0.1) is 15.6 Å². The lowest BCUT2D eigenvalue weighted by Gasteiger charge is -2.33. The molecule has 1 heterocycles. The van der Waals surface area contributed by atoms with Crippen molar-refractivity contribution in [3.05, 3.63) is 69.2 Å². The minimum Gasteiger partial charge on any atom is -0.380 e. The maximum absolute atomic E-state index is 10.8. The number of nitrogens with zero attached hydrogens (tertiary/aromatic N) is 2. The van der Waals surface area contributed by atoms with Crippen LogP contribution in [0.25, 0.3) is 0 Å². The Morgan fingerprint density at radius 1 is 1.25 bits per heavy atom. The number of nitrogens with one attached hydrogen (secondary N) is 1. The summed E-state index contributed by atoms with van der Waals surface area (Å²) < 4.78 is 0. The van der Waals surface area contributed by atoms with E-state index in [2.05, 4.69) is 34.5 Å². The highest BCUT2D eigenvalue weighted by Crippen LogP contribution is 2.28. The van der Waals surface area contributed by atoms with Gasteiger partial charge < -0.3 is 5.32 Å². The van der Waals surface area contributed by atoms with Gasteiger partial charge in [-0.1, -0.05) is 41.9 Å².